The highest BCUT2D eigenvalue weighted by Gasteiger charge is 2.15. The van der Waals surface area contributed by atoms with Gasteiger partial charge in [0, 0.05) is 30.1 Å². The number of carbonyl (C=O) groups is 2. The van der Waals surface area contributed by atoms with Crippen LogP contribution in [-0.4, -0.2) is 38.5 Å². The lowest BCUT2D eigenvalue weighted by atomic mass is 10.2. The van der Waals surface area contributed by atoms with Gasteiger partial charge in [0.25, 0.3) is 11.8 Å². The molecular weight excluding hydrogens is 352 g/mol. The molecular formula is C17H14N6O4. The van der Waals surface area contributed by atoms with E-state index in [1.165, 1.54) is 42.3 Å². The third-order valence-electron chi connectivity index (χ3n) is 3.64. The van der Waals surface area contributed by atoms with Crippen molar-refractivity contribution in [2.24, 2.45) is 0 Å². The van der Waals surface area contributed by atoms with Crippen LogP contribution in [0.15, 0.2) is 54.9 Å². The van der Waals surface area contributed by atoms with E-state index in [1.54, 1.807) is 24.3 Å². The number of hydrogen-bond acceptors (Lipinski definition) is 6. The third-order valence-corrected chi connectivity index (χ3v) is 3.64. The summed E-state index contributed by atoms with van der Waals surface area (Å²) in [6, 6.07) is 10.6. The number of aromatic nitrogens is 3. The number of anilines is 1. The van der Waals surface area contributed by atoms with Crippen LogP contribution in [0.2, 0.25) is 0 Å². The van der Waals surface area contributed by atoms with E-state index < -0.39 is 10.8 Å². The second-order valence-electron chi connectivity index (χ2n) is 5.39. The Morgan fingerprint density at radius 1 is 1.07 bits per heavy atom. The Morgan fingerprint density at radius 3 is 2.44 bits per heavy atom. The molecule has 3 rings (SSSR count). The van der Waals surface area contributed by atoms with E-state index in [1.807, 2.05) is 0 Å². The summed E-state index contributed by atoms with van der Waals surface area (Å²) in [5.41, 5.74) is 1.29. The minimum Gasteiger partial charge on any atom is -0.358 e. The van der Waals surface area contributed by atoms with Crippen molar-refractivity contribution in [2.75, 3.05) is 12.4 Å². The summed E-state index contributed by atoms with van der Waals surface area (Å²) >= 11 is 0. The van der Waals surface area contributed by atoms with E-state index in [0.29, 0.717) is 16.8 Å². The summed E-state index contributed by atoms with van der Waals surface area (Å²) in [6.07, 6.45) is 2.80. The number of hydrogen-bond donors (Lipinski definition) is 2. The number of pyridine rings is 1. The Hall–Kier alpha value is -4.08. The lowest BCUT2D eigenvalue weighted by molar-refractivity contribution is -0.389. The van der Waals surface area contributed by atoms with Gasteiger partial charge < -0.3 is 20.7 Å². The molecule has 2 heterocycles. The van der Waals surface area contributed by atoms with E-state index in [2.05, 4.69) is 20.7 Å². The fraction of sp³-hybridized carbons (Fsp3) is 0.0588. The van der Waals surface area contributed by atoms with Crippen molar-refractivity contribution >= 4 is 23.3 Å². The fourth-order valence-electron chi connectivity index (χ4n) is 2.28. The summed E-state index contributed by atoms with van der Waals surface area (Å²) in [5.74, 6) is -0.665. The number of rotatable bonds is 5. The topological polar surface area (TPSA) is 132 Å². The van der Waals surface area contributed by atoms with Gasteiger partial charge in [-0.25, -0.2) is 4.98 Å². The molecule has 0 radical (unpaired) electrons. The predicted octanol–water partition coefficient (Wildman–Crippen LogP) is 1.79. The van der Waals surface area contributed by atoms with Crippen molar-refractivity contribution in [3.05, 3.63) is 76.1 Å². The second kappa shape index (κ2) is 7.44. The van der Waals surface area contributed by atoms with Gasteiger partial charge in [-0.1, -0.05) is 0 Å². The average molecular weight is 366 g/mol. The Labute approximate surface area is 153 Å². The van der Waals surface area contributed by atoms with Crippen molar-refractivity contribution in [2.45, 2.75) is 0 Å². The van der Waals surface area contributed by atoms with Gasteiger partial charge in [-0.2, -0.15) is 0 Å². The number of amides is 2. The van der Waals surface area contributed by atoms with Gasteiger partial charge >= 0.3 is 5.82 Å². The maximum atomic E-state index is 12.4. The van der Waals surface area contributed by atoms with Crippen LogP contribution >= 0.6 is 0 Å². The van der Waals surface area contributed by atoms with Gasteiger partial charge in [0.15, 0.2) is 5.82 Å². The minimum atomic E-state index is -0.616. The smallest absolute Gasteiger partial charge is 0.358 e. The van der Waals surface area contributed by atoms with Crippen LogP contribution in [0.1, 0.15) is 20.7 Å². The highest BCUT2D eigenvalue weighted by molar-refractivity contribution is 6.04. The molecule has 0 aliphatic rings. The predicted molar refractivity (Wildman–Crippen MR) is 95.8 cm³/mol. The minimum absolute atomic E-state index is 0.222. The molecule has 0 atom stereocenters. The van der Waals surface area contributed by atoms with Crippen molar-refractivity contribution in [3.8, 4) is 5.82 Å². The summed E-state index contributed by atoms with van der Waals surface area (Å²) in [6.45, 7) is 0. The molecule has 27 heavy (non-hydrogen) atoms. The van der Waals surface area contributed by atoms with E-state index >= 15 is 0 Å². The summed E-state index contributed by atoms with van der Waals surface area (Å²) in [4.78, 5) is 38.1. The Bertz CT molecular complexity index is 1010. The van der Waals surface area contributed by atoms with Crippen molar-refractivity contribution < 1.29 is 14.5 Å². The molecule has 3 aromatic rings. The molecule has 2 amide bonds. The average Bonchev–Trinajstić information content (AvgIpc) is 3.19. The molecule has 0 bridgehead atoms. The molecule has 0 unspecified atom stereocenters. The number of nitro groups is 1. The molecule has 0 saturated heterocycles. The molecule has 0 aliphatic carbocycles. The van der Waals surface area contributed by atoms with Crippen molar-refractivity contribution in [3.63, 3.8) is 0 Å². The molecule has 2 N–H and O–H groups in total. The zero-order valence-electron chi connectivity index (χ0n) is 14.1. The fourth-order valence-corrected chi connectivity index (χ4v) is 2.28. The maximum Gasteiger partial charge on any atom is 0.390 e. The standard InChI is InChI=1S/C17H14N6O4/c1-18-16(24)11-2-4-13(5-3-11)20-17(25)12-6-8-19-15(10-12)22-9-7-14(21-22)23(26)27/h2-10H,1H3,(H,18,24)(H,20,25). The van der Waals surface area contributed by atoms with Crippen LogP contribution in [-0.2, 0) is 0 Å². The first-order chi connectivity index (χ1) is 13.0. The number of nitrogens with zero attached hydrogens (tertiary/aromatic N) is 4. The first-order valence-electron chi connectivity index (χ1n) is 7.78. The molecule has 0 fully saturated rings. The lowest BCUT2D eigenvalue weighted by Crippen LogP contribution is -2.18. The molecule has 10 heteroatoms. The maximum absolute atomic E-state index is 12.4. The monoisotopic (exact) mass is 366 g/mol. The largest absolute Gasteiger partial charge is 0.390 e. The van der Waals surface area contributed by atoms with Crippen LogP contribution in [0.4, 0.5) is 11.5 Å². The highest BCUT2D eigenvalue weighted by atomic mass is 16.6. The van der Waals surface area contributed by atoms with E-state index in [0.717, 1.165) is 0 Å². The zero-order chi connectivity index (χ0) is 19.4. The summed E-state index contributed by atoms with van der Waals surface area (Å²) in [7, 11) is 1.53. The first-order valence-corrected chi connectivity index (χ1v) is 7.78. The van der Waals surface area contributed by atoms with Gasteiger partial charge in [0.05, 0.1) is 17.4 Å². The molecule has 10 nitrogen and oxygen atoms in total. The Morgan fingerprint density at radius 2 is 1.81 bits per heavy atom. The van der Waals surface area contributed by atoms with E-state index in [-0.39, 0.29) is 17.5 Å². The molecule has 0 aliphatic heterocycles. The van der Waals surface area contributed by atoms with Crippen LogP contribution in [0.3, 0.4) is 0 Å². The van der Waals surface area contributed by atoms with E-state index in [9.17, 15) is 19.7 Å². The number of benzene rings is 1. The Balaban J connectivity index is 1.77. The van der Waals surface area contributed by atoms with Crippen molar-refractivity contribution in [1.82, 2.24) is 20.1 Å². The van der Waals surface area contributed by atoms with Crippen LogP contribution in [0, 0.1) is 10.1 Å². The van der Waals surface area contributed by atoms with Gasteiger partial charge in [-0.15, -0.1) is 4.68 Å². The van der Waals surface area contributed by atoms with Gasteiger partial charge in [-0.3, -0.25) is 9.59 Å². The Kier molecular flexibility index (Phi) is 4.88. The first kappa shape index (κ1) is 17.7. The highest BCUT2D eigenvalue weighted by Crippen LogP contribution is 2.14. The number of carbonyl (C=O) groups excluding carboxylic acids is 2. The van der Waals surface area contributed by atoms with Crippen LogP contribution in [0.25, 0.3) is 5.82 Å². The molecule has 136 valence electrons. The van der Waals surface area contributed by atoms with Crippen LogP contribution in [0.5, 0.6) is 0 Å². The van der Waals surface area contributed by atoms with Crippen LogP contribution < -0.4 is 10.6 Å². The molecule has 2 aromatic heterocycles. The zero-order valence-corrected chi connectivity index (χ0v) is 14.1. The SMILES string of the molecule is CNC(=O)c1ccc(NC(=O)c2ccnc(-n3ccc([N+](=O)[O-])n3)c2)cc1. The third kappa shape index (κ3) is 3.95. The van der Waals surface area contributed by atoms with Crippen molar-refractivity contribution in [1.29, 1.82) is 0 Å². The van der Waals surface area contributed by atoms with Gasteiger partial charge in [-0.05, 0) is 41.3 Å². The van der Waals surface area contributed by atoms with Gasteiger partial charge in [0.2, 0.25) is 0 Å². The second-order valence-corrected chi connectivity index (χ2v) is 5.39. The normalized spacial score (nSPS) is 10.3. The lowest BCUT2D eigenvalue weighted by Gasteiger charge is -2.07. The van der Waals surface area contributed by atoms with Gasteiger partial charge in [0.1, 0.15) is 0 Å². The molecule has 1 aromatic carbocycles. The summed E-state index contributed by atoms with van der Waals surface area (Å²) < 4.78 is 1.22. The molecule has 0 spiro atoms. The summed E-state index contributed by atoms with van der Waals surface area (Å²) in [5, 5.41) is 19.7. The molecule has 0 saturated carbocycles. The number of nitrogens with one attached hydrogen (secondary N) is 2. The quantitative estimate of drug-likeness (QED) is 0.522. The van der Waals surface area contributed by atoms with E-state index in [4.69, 9.17) is 0 Å².